The highest BCUT2D eigenvalue weighted by Gasteiger charge is 2.61. The number of aliphatic carboxylic acids is 1. The van der Waals surface area contributed by atoms with Crippen LogP contribution in [0.25, 0.3) is 22.3 Å². The molecule has 15 nitrogen and oxygen atoms in total. The number of methoxy groups -OCH3 is 1. The minimum absolute atomic E-state index is 0.0173. The van der Waals surface area contributed by atoms with Crippen molar-refractivity contribution < 1.29 is 43.3 Å². The van der Waals surface area contributed by atoms with Crippen LogP contribution in [0.15, 0.2) is 40.2 Å². The van der Waals surface area contributed by atoms with Gasteiger partial charge in [0.05, 0.1) is 29.3 Å². The number of rotatable bonds is 9. The Hall–Kier alpha value is -4.77. The Morgan fingerprint density at radius 3 is 2.60 bits per heavy atom. The van der Waals surface area contributed by atoms with Gasteiger partial charge in [-0.05, 0) is 79.4 Å². The molecule has 17 heteroatoms. The fourth-order valence-corrected chi connectivity index (χ4v) is 9.23. The maximum absolute atomic E-state index is 14.6. The summed E-state index contributed by atoms with van der Waals surface area (Å²) in [5, 5.41) is 21.5. The fraction of sp³-hybridized carbons (Fsp3) is 0.525. The van der Waals surface area contributed by atoms with E-state index in [0.29, 0.717) is 62.7 Å². The monoisotopic (exact) mass is 866 g/mol. The maximum atomic E-state index is 14.6. The van der Waals surface area contributed by atoms with Crippen LogP contribution in [-0.4, -0.2) is 93.2 Å². The van der Waals surface area contributed by atoms with E-state index in [4.69, 9.17) is 19.2 Å². The van der Waals surface area contributed by atoms with Gasteiger partial charge in [0.15, 0.2) is 5.13 Å². The van der Waals surface area contributed by atoms with Crippen molar-refractivity contribution in [1.82, 2.24) is 25.5 Å². The summed E-state index contributed by atoms with van der Waals surface area (Å²) in [6, 6.07) is 3.23. The van der Waals surface area contributed by atoms with Gasteiger partial charge in [0.1, 0.15) is 47.0 Å². The lowest BCUT2D eigenvalue weighted by Gasteiger charge is -2.29. The highest BCUT2D eigenvalue weighted by molar-refractivity contribution is 9.10. The number of carboxylic acid groups (broad SMARTS) is 1. The Labute approximate surface area is 342 Å². The van der Waals surface area contributed by atoms with Crippen molar-refractivity contribution >= 4 is 73.1 Å². The molecule has 4 N–H and O–H groups in total. The van der Waals surface area contributed by atoms with Crippen molar-refractivity contribution in [3.63, 3.8) is 0 Å². The first kappa shape index (κ1) is 40.4. The summed E-state index contributed by atoms with van der Waals surface area (Å²) in [6.07, 6.45) is 9.63. The number of benzene rings is 1. The fourth-order valence-electron chi connectivity index (χ4n) is 7.91. The molecule has 0 bridgehead atoms. The van der Waals surface area contributed by atoms with Gasteiger partial charge in [0.25, 0.3) is 0 Å². The van der Waals surface area contributed by atoms with E-state index in [0.717, 1.165) is 44.9 Å². The summed E-state index contributed by atoms with van der Waals surface area (Å²) in [5.41, 5.74) is -0.0270. The zero-order valence-corrected chi connectivity index (χ0v) is 34.3. The van der Waals surface area contributed by atoms with Crippen molar-refractivity contribution in [3.8, 4) is 22.9 Å². The lowest BCUT2D eigenvalue weighted by molar-refractivity contribution is -0.145. The van der Waals surface area contributed by atoms with Gasteiger partial charge in [-0.1, -0.05) is 31.9 Å². The molecule has 4 heterocycles. The summed E-state index contributed by atoms with van der Waals surface area (Å²) in [6.45, 7) is 1.73. The van der Waals surface area contributed by atoms with Crippen LogP contribution in [-0.2, 0) is 23.9 Å². The lowest BCUT2D eigenvalue weighted by Crippen LogP contribution is -2.56. The molecule has 1 saturated heterocycles. The first-order chi connectivity index (χ1) is 27.5. The number of amides is 4. The van der Waals surface area contributed by atoms with E-state index in [2.05, 4.69) is 36.9 Å². The molecule has 0 spiro atoms. The molecule has 3 fully saturated rings. The molecule has 1 aromatic carbocycles. The SMILES string of the molecule is CCC(=O)Nc1nc(-c2cc(O[C@@H]3C[C@H]4C(=O)N[C@]5(C(=O)O)C[C@H]5/C=C\CCCCC[C@H](NC(=O)OC5CCCC5)C(=O)N4C3)c3ccc(OC)c(Br)c3n2)cs1. The number of carboxylic acids is 1. The van der Waals surface area contributed by atoms with E-state index in [1.54, 1.807) is 37.6 Å². The number of allylic oxidation sites excluding steroid dienone is 1. The number of carbonyl (C=O) groups is 5. The third-order valence-corrected chi connectivity index (χ3v) is 12.7. The molecule has 304 valence electrons. The molecule has 0 radical (unpaired) electrons. The zero-order chi connectivity index (χ0) is 40.3. The maximum Gasteiger partial charge on any atom is 0.408 e. The summed E-state index contributed by atoms with van der Waals surface area (Å²) in [4.78, 5) is 77.5. The number of pyridine rings is 1. The molecule has 7 rings (SSSR count). The molecule has 4 amide bonds. The Balaban J connectivity index is 1.22. The molecule has 0 unspecified atom stereocenters. The lowest BCUT2D eigenvalue weighted by atomic mass is 10.0. The Morgan fingerprint density at radius 2 is 1.84 bits per heavy atom. The molecule has 5 atom stereocenters. The van der Waals surface area contributed by atoms with Gasteiger partial charge in [0, 0.05) is 35.6 Å². The highest BCUT2D eigenvalue weighted by Crippen LogP contribution is 2.46. The third-order valence-electron chi connectivity index (χ3n) is 11.2. The van der Waals surface area contributed by atoms with Gasteiger partial charge in [-0.3, -0.25) is 14.4 Å². The minimum atomic E-state index is -1.48. The summed E-state index contributed by atoms with van der Waals surface area (Å²) < 4.78 is 18.5. The average molecular weight is 868 g/mol. The summed E-state index contributed by atoms with van der Waals surface area (Å²) >= 11 is 4.88. The van der Waals surface area contributed by atoms with Crippen molar-refractivity contribution in [2.24, 2.45) is 5.92 Å². The molecule has 2 aliphatic heterocycles. The number of ether oxygens (including phenoxy) is 3. The van der Waals surface area contributed by atoms with E-state index in [9.17, 15) is 29.1 Å². The molecule has 2 aromatic heterocycles. The Bertz CT molecular complexity index is 2070. The van der Waals surface area contributed by atoms with Crippen LogP contribution in [0.3, 0.4) is 0 Å². The Morgan fingerprint density at radius 1 is 1.05 bits per heavy atom. The third kappa shape index (κ3) is 8.88. The second-order valence-electron chi connectivity index (χ2n) is 15.1. The van der Waals surface area contributed by atoms with Crippen LogP contribution < -0.4 is 25.4 Å². The zero-order valence-electron chi connectivity index (χ0n) is 31.9. The number of thiazole rings is 1. The van der Waals surface area contributed by atoms with Gasteiger partial charge in [-0.2, -0.15) is 0 Å². The number of anilines is 1. The quantitative estimate of drug-likeness (QED) is 0.175. The van der Waals surface area contributed by atoms with Crippen LogP contribution in [0.4, 0.5) is 9.93 Å². The van der Waals surface area contributed by atoms with E-state index < -0.39 is 47.6 Å². The smallest absolute Gasteiger partial charge is 0.408 e. The van der Waals surface area contributed by atoms with Crippen LogP contribution in [0, 0.1) is 5.92 Å². The number of halogens is 1. The normalized spacial score (nSPS) is 26.0. The second kappa shape index (κ2) is 17.4. The average Bonchev–Trinajstić information content (AvgIpc) is 3.62. The van der Waals surface area contributed by atoms with E-state index in [1.807, 2.05) is 12.2 Å². The van der Waals surface area contributed by atoms with E-state index >= 15 is 0 Å². The van der Waals surface area contributed by atoms with Crippen molar-refractivity contribution in [2.75, 3.05) is 19.0 Å². The van der Waals surface area contributed by atoms with Crippen LogP contribution in [0.5, 0.6) is 11.5 Å². The molecule has 4 aliphatic rings. The number of nitrogens with zero attached hydrogens (tertiary/aromatic N) is 3. The largest absolute Gasteiger partial charge is 0.495 e. The van der Waals surface area contributed by atoms with Crippen LogP contribution in [0.2, 0.25) is 0 Å². The van der Waals surface area contributed by atoms with Crippen LogP contribution >= 0.6 is 27.3 Å². The van der Waals surface area contributed by atoms with E-state index in [1.165, 1.54) is 16.2 Å². The second-order valence-corrected chi connectivity index (χ2v) is 16.7. The van der Waals surface area contributed by atoms with Crippen molar-refractivity contribution in [3.05, 3.63) is 40.2 Å². The Kier molecular flexibility index (Phi) is 12.3. The summed E-state index contributed by atoms with van der Waals surface area (Å²) in [5.74, 6) is -1.82. The highest BCUT2D eigenvalue weighted by atomic mass is 79.9. The number of hydrogen-bond donors (Lipinski definition) is 4. The molecule has 2 saturated carbocycles. The number of alkyl carbamates (subject to hydrolysis) is 1. The van der Waals surface area contributed by atoms with Gasteiger partial charge in [-0.15, -0.1) is 11.3 Å². The standard InChI is InChI=1S/C40H47BrN6O9S/c1-3-32(48)45-38-43-28(21-57-38)27-18-31(25-15-16-30(54-2)33(41)34(25)42-27)55-24-17-29-35(49)46-40(37(51)52)19-22(40)11-7-5-4-6-8-14-26(36(50)47(29)20-24)44-39(53)56-23-12-9-10-13-23/h7,11,15-16,18,21-24,26,29H,3-6,8-10,12-14,17,19-20H2,1-2H3,(H,44,53)(H,46,49)(H,51,52)(H,43,45,48)/b11-7-/t22-,24-,26+,29+,40-/m1/s1. The molecule has 57 heavy (non-hydrogen) atoms. The molecule has 3 aromatic rings. The number of aromatic nitrogens is 2. The van der Waals surface area contributed by atoms with Crippen LogP contribution in [0.1, 0.15) is 84.0 Å². The molecular formula is C40H47BrN6O9S. The number of nitrogens with one attached hydrogen (secondary N) is 3. The minimum Gasteiger partial charge on any atom is -0.495 e. The molecular weight excluding hydrogens is 820 g/mol. The number of fused-ring (bicyclic) bond motifs is 3. The predicted octanol–water partition coefficient (Wildman–Crippen LogP) is 6.34. The summed E-state index contributed by atoms with van der Waals surface area (Å²) in [7, 11) is 1.54. The topological polar surface area (TPSA) is 198 Å². The number of carbonyl (C=O) groups excluding carboxylic acids is 4. The van der Waals surface area contributed by atoms with Crippen molar-refractivity contribution in [1.29, 1.82) is 0 Å². The number of hydrogen-bond acceptors (Lipinski definition) is 11. The van der Waals surface area contributed by atoms with E-state index in [-0.39, 0.29) is 37.3 Å². The van der Waals surface area contributed by atoms with Gasteiger partial charge < -0.3 is 40.2 Å². The van der Waals surface area contributed by atoms with Gasteiger partial charge in [-0.25, -0.2) is 19.6 Å². The van der Waals surface area contributed by atoms with Gasteiger partial charge in [0.2, 0.25) is 17.7 Å². The first-order valence-corrected chi connectivity index (χ1v) is 21.3. The molecule has 2 aliphatic carbocycles. The predicted molar refractivity (Wildman–Crippen MR) is 215 cm³/mol. The first-order valence-electron chi connectivity index (χ1n) is 19.6. The van der Waals surface area contributed by atoms with Crippen molar-refractivity contribution in [2.45, 2.75) is 114 Å². The van der Waals surface area contributed by atoms with Gasteiger partial charge >= 0.3 is 12.1 Å².